The van der Waals surface area contributed by atoms with Crippen molar-refractivity contribution in [3.8, 4) is 11.7 Å². The topological polar surface area (TPSA) is 102 Å². The Morgan fingerprint density at radius 2 is 1.94 bits per heavy atom. The van der Waals surface area contributed by atoms with Gasteiger partial charge in [-0.05, 0) is 32.9 Å². The minimum atomic E-state index is -0.459. The van der Waals surface area contributed by atoms with E-state index in [4.69, 9.17) is 4.74 Å². The number of rotatable bonds is 5. The first kappa shape index (κ1) is 20.5. The van der Waals surface area contributed by atoms with E-state index in [1.807, 2.05) is 43.5 Å². The van der Waals surface area contributed by atoms with Crippen LogP contribution >= 0.6 is 0 Å². The molecule has 3 aromatic rings. The van der Waals surface area contributed by atoms with Crippen LogP contribution in [0.5, 0.6) is 5.75 Å². The average Bonchev–Trinajstić information content (AvgIpc) is 3.28. The number of carbonyl (C=O) groups is 2. The van der Waals surface area contributed by atoms with Crippen LogP contribution in [0.2, 0.25) is 0 Å². The molecule has 1 atom stereocenters. The Balaban J connectivity index is 1.44. The van der Waals surface area contributed by atoms with Gasteiger partial charge < -0.3 is 15.0 Å². The average molecular weight is 420 g/mol. The van der Waals surface area contributed by atoms with E-state index >= 15 is 0 Å². The monoisotopic (exact) mass is 420 g/mol. The molecule has 0 bridgehead atoms. The first-order chi connectivity index (χ1) is 14.9. The van der Waals surface area contributed by atoms with Crippen molar-refractivity contribution in [3.05, 3.63) is 53.9 Å². The van der Waals surface area contributed by atoms with Crippen molar-refractivity contribution in [2.75, 3.05) is 23.9 Å². The molecule has 1 aromatic carbocycles. The smallest absolute Gasteiger partial charge is 0.235 e. The van der Waals surface area contributed by atoms with Gasteiger partial charge in [-0.2, -0.15) is 0 Å². The molecule has 1 unspecified atom stereocenters. The number of imidazole rings is 1. The lowest BCUT2D eigenvalue weighted by Gasteiger charge is -2.17. The zero-order chi connectivity index (χ0) is 22.1. The van der Waals surface area contributed by atoms with Crippen LogP contribution in [-0.4, -0.2) is 45.0 Å². The summed E-state index contributed by atoms with van der Waals surface area (Å²) in [6, 6.07) is 7.24. The number of hydrogen-bond donors (Lipinski definition) is 1. The molecule has 1 aliphatic heterocycles. The highest BCUT2D eigenvalue weighted by molar-refractivity contribution is 6.03. The van der Waals surface area contributed by atoms with E-state index in [1.54, 1.807) is 30.5 Å². The van der Waals surface area contributed by atoms with Gasteiger partial charge in [-0.15, -0.1) is 0 Å². The number of amides is 2. The summed E-state index contributed by atoms with van der Waals surface area (Å²) in [5, 5.41) is 2.82. The molecule has 1 fully saturated rings. The summed E-state index contributed by atoms with van der Waals surface area (Å²) in [4.78, 5) is 40.0. The maximum absolute atomic E-state index is 12.7. The Morgan fingerprint density at radius 3 is 2.58 bits per heavy atom. The molecule has 9 nitrogen and oxygen atoms in total. The third kappa shape index (κ3) is 3.98. The lowest BCUT2D eigenvalue weighted by Crippen LogP contribution is -2.28. The number of nitrogens with zero attached hydrogens (tertiary/aromatic N) is 5. The number of methoxy groups -OCH3 is 1. The van der Waals surface area contributed by atoms with E-state index in [1.165, 1.54) is 0 Å². The molecule has 2 amide bonds. The van der Waals surface area contributed by atoms with Crippen LogP contribution in [0.25, 0.3) is 5.95 Å². The van der Waals surface area contributed by atoms with Crippen LogP contribution in [0, 0.1) is 26.7 Å². The number of ether oxygens (including phenoxy) is 1. The number of benzene rings is 1. The lowest BCUT2D eigenvalue weighted by atomic mass is 10.1. The van der Waals surface area contributed by atoms with Crippen LogP contribution in [-0.2, 0) is 9.59 Å². The van der Waals surface area contributed by atoms with Crippen molar-refractivity contribution in [2.24, 2.45) is 5.92 Å². The largest absolute Gasteiger partial charge is 0.497 e. The van der Waals surface area contributed by atoms with E-state index in [0.29, 0.717) is 29.6 Å². The summed E-state index contributed by atoms with van der Waals surface area (Å²) in [5.74, 6) is 1.17. The number of carbonyl (C=O) groups excluding carboxylic acids is 2. The number of nitrogens with one attached hydrogen (secondary N) is 1. The third-order valence-corrected chi connectivity index (χ3v) is 5.48. The summed E-state index contributed by atoms with van der Waals surface area (Å²) in [5.41, 5.74) is 3.09. The zero-order valence-corrected chi connectivity index (χ0v) is 17.9. The molecule has 2 aromatic heterocycles. The van der Waals surface area contributed by atoms with Crippen molar-refractivity contribution in [1.29, 1.82) is 0 Å². The van der Waals surface area contributed by atoms with Gasteiger partial charge in [-0.25, -0.2) is 15.0 Å². The minimum Gasteiger partial charge on any atom is -0.497 e. The van der Waals surface area contributed by atoms with Crippen LogP contribution < -0.4 is 15.0 Å². The van der Waals surface area contributed by atoms with Crippen LogP contribution in [0.15, 0.2) is 36.7 Å². The van der Waals surface area contributed by atoms with Crippen molar-refractivity contribution in [3.63, 3.8) is 0 Å². The van der Waals surface area contributed by atoms with Crippen molar-refractivity contribution < 1.29 is 14.3 Å². The van der Waals surface area contributed by atoms with Crippen molar-refractivity contribution in [2.45, 2.75) is 27.2 Å². The van der Waals surface area contributed by atoms with Gasteiger partial charge in [-0.3, -0.25) is 14.2 Å². The molecule has 160 valence electrons. The minimum absolute atomic E-state index is 0.0959. The SMILES string of the molecule is COc1cccc(N2CC(C(=O)Nc3cnc(-n4c(C)nc(C)c4C)nc3)CC2=O)c1. The van der Waals surface area contributed by atoms with Gasteiger partial charge in [0.1, 0.15) is 11.6 Å². The fourth-order valence-electron chi connectivity index (χ4n) is 3.73. The van der Waals surface area contributed by atoms with E-state index in [9.17, 15) is 9.59 Å². The molecule has 4 rings (SSSR count). The van der Waals surface area contributed by atoms with E-state index in [0.717, 1.165) is 17.2 Å². The van der Waals surface area contributed by atoms with Crippen LogP contribution in [0.1, 0.15) is 23.6 Å². The molecule has 0 saturated carbocycles. The maximum atomic E-state index is 12.7. The fourth-order valence-corrected chi connectivity index (χ4v) is 3.73. The molecule has 1 aliphatic rings. The summed E-state index contributed by atoms with van der Waals surface area (Å²) in [7, 11) is 1.57. The molecular formula is C22H24N6O3. The Morgan fingerprint density at radius 1 is 1.19 bits per heavy atom. The Bertz CT molecular complexity index is 1140. The van der Waals surface area contributed by atoms with E-state index in [-0.39, 0.29) is 18.2 Å². The quantitative estimate of drug-likeness (QED) is 0.681. The second-order valence-corrected chi connectivity index (χ2v) is 7.53. The normalized spacial score (nSPS) is 15.9. The predicted molar refractivity (Wildman–Crippen MR) is 115 cm³/mol. The van der Waals surface area contributed by atoms with Gasteiger partial charge >= 0.3 is 0 Å². The standard InChI is InChI=1S/C22H24N6O3/c1-13-14(2)28(15(3)25-13)22-23-10-17(11-24-22)26-21(30)16-8-20(29)27(12-16)18-6-5-7-19(9-18)31-4/h5-7,9-11,16H,8,12H2,1-4H3,(H,26,30). The second-order valence-electron chi connectivity index (χ2n) is 7.53. The van der Waals surface area contributed by atoms with Gasteiger partial charge in [0.05, 0.1) is 36.8 Å². The number of anilines is 2. The van der Waals surface area contributed by atoms with Gasteiger partial charge in [0.2, 0.25) is 17.8 Å². The molecule has 0 spiro atoms. The van der Waals surface area contributed by atoms with Gasteiger partial charge in [0, 0.05) is 30.4 Å². The molecular weight excluding hydrogens is 396 g/mol. The first-order valence-corrected chi connectivity index (χ1v) is 9.97. The number of aryl methyl sites for hydroxylation is 2. The second kappa shape index (κ2) is 8.17. The summed E-state index contributed by atoms with van der Waals surface area (Å²) < 4.78 is 7.09. The van der Waals surface area contributed by atoms with E-state index in [2.05, 4.69) is 20.3 Å². The highest BCUT2D eigenvalue weighted by Gasteiger charge is 2.35. The summed E-state index contributed by atoms with van der Waals surface area (Å²) >= 11 is 0. The highest BCUT2D eigenvalue weighted by Crippen LogP contribution is 2.28. The number of aromatic nitrogens is 4. The lowest BCUT2D eigenvalue weighted by molar-refractivity contribution is -0.122. The summed E-state index contributed by atoms with van der Waals surface area (Å²) in [6.45, 7) is 6.10. The third-order valence-electron chi connectivity index (χ3n) is 5.48. The van der Waals surface area contributed by atoms with Gasteiger partial charge in [-0.1, -0.05) is 6.07 Å². The molecule has 1 N–H and O–H groups in total. The first-order valence-electron chi connectivity index (χ1n) is 9.97. The van der Waals surface area contributed by atoms with Crippen molar-refractivity contribution >= 4 is 23.2 Å². The highest BCUT2D eigenvalue weighted by atomic mass is 16.5. The van der Waals surface area contributed by atoms with Crippen LogP contribution in [0.4, 0.5) is 11.4 Å². The predicted octanol–water partition coefficient (Wildman–Crippen LogP) is 2.59. The molecule has 3 heterocycles. The zero-order valence-electron chi connectivity index (χ0n) is 17.9. The number of hydrogen-bond acceptors (Lipinski definition) is 6. The molecule has 31 heavy (non-hydrogen) atoms. The van der Waals surface area contributed by atoms with E-state index < -0.39 is 5.92 Å². The summed E-state index contributed by atoms with van der Waals surface area (Å²) in [6.07, 6.45) is 3.27. The molecule has 9 heteroatoms. The molecule has 0 radical (unpaired) electrons. The Labute approximate surface area is 180 Å². The Kier molecular flexibility index (Phi) is 5.41. The van der Waals surface area contributed by atoms with Gasteiger partial charge in [0.15, 0.2) is 0 Å². The van der Waals surface area contributed by atoms with Crippen LogP contribution in [0.3, 0.4) is 0 Å². The van der Waals surface area contributed by atoms with Gasteiger partial charge in [0.25, 0.3) is 0 Å². The molecule has 0 aliphatic carbocycles. The maximum Gasteiger partial charge on any atom is 0.235 e. The molecule has 1 saturated heterocycles. The van der Waals surface area contributed by atoms with Crippen molar-refractivity contribution in [1.82, 2.24) is 19.5 Å². The fraction of sp³-hybridized carbons (Fsp3) is 0.318. The Hall–Kier alpha value is -3.75.